The standard InChI is InChI=1S/C11H14.C10H13F.C7H17N.C4H10.C2H4O.C2H6/c1-4-5-11-7-6-9(2)10(3)8-11;1-8-4-3-5-10(6-8)7-9(2)11;1-6(8-5)7(2,3)4;1-4(2)3;1-2-3;1-2/h4-8H,1-3H3;3-6,9H,7H2,1-2H3;6,8H,1-5H3;4H,1-3H3;2H,1H3;1-2H3. The van der Waals surface area contributed by atoms with Gasteiger partial charge in [-0.15, -0.1) is 0 Å². The molecule has 0 aromatic heterocycles. The van der Waals surface area contributed by atoms with Crippen molar-refractivity contribution in [2.75, 3.05) is 7.05 Å². The zero-order chi connectivity index (χ0) is 31.6. The van der Waals surface area contributed by atoms with Gasteiger partial charge in [-0.1, -0.05) is 116 Å². The average molecular weight is 546 g/mol. The fourth-order valence-corrected chi connectivity index (χ4v) is 2.66. The van der Waals surface area contributed by atoms with E-state index in [1.807, 2.05) is 59.0 Å². The number of rotatable bonds is 4. The van der Waals surface area contributed by atoms with Crippen LogP contribution in [0.1, 0.15) is 111 Å². The first-order valence-corrected chi connectivity index (χ1v) is 14.5. The van der Waals surface area contributed by atoms with Crippen LogP contribution in [0.25, 0.3) is 6.08 Å². The second-order valence-corrected chi connectivity index (χ2v) is 11.2. The molecule has 2 rings (SSSR count). The summed E-state index contributed by atoms with van der Waals surface area (Å²) in [6, 6.07) is 15.1. The molecule has 2 atom stereocenters. The molecule has 0 saturated carbocycles. The van der Waals surface area contributed by atoms with Gasteiger partial charge in [-0.2, -0.15) is 0 Å². The predicted octanol–water partition coefficient (Wildman–Crippen LogP) is 10.8. The van der Waals surface area contributed by atoms with Gasteiger partial charge in [-0.25, -0.2) is 4.39 Å². The van der Waals surface area contributed by atoms with Crippen LogP contribution in [-0.2, 0) is 11.2 Å². The lowest BCUT2D eigenvalue weighted by molar-refractivity contribution is -0.106. The lowest BCUT2D eigenvalue weighted by Crippen LogP contribution is -2.34. The van der Waals surface area contributed by atoms with E-state index in [0.717, 1.165) is 17.8 Å². The Morgan fingerprint density at radius 2 is 1.36 bits per heavy atom. The van der Waals surface area contributed by atoms with Crippen LogP contribution in [0.15, 0.2) is 48.5 Å². The zero-order valence-corrected chi connectivity index (χ0v) is 28.5. The third-order valence-electron chi connectivity index (χ3n) is 5.22. The van der Waals surface area contributed by atoms with Crippen LogP contribution in [0.2, 0.25) is 0 Å². The normalized spacial score (nSPS) is 11.4. The Bertz CT molecular complexity index is 845. The number of halogens is 1. The summed E-state index contributed by atoms with van der Waals surface area (Å²) in [5, 5.41) is 3.20. The number of hydrogen-bond donors (Lipinski definition) is 1. The molecule has 0 aliphatic rings. The number of carbonyl (C=O) groups is 1. The van der Waals surface area contributed by atoms with Crippen molar-refractivity contribution in [1.82, 2.24) is 5.32 Å². The summed E-state index contributed by atoms with van der Waals surface area (Å²) in [5.41, 5.74) is 6.69. The first-order valence-electron chi connectivity index (χ1n) is 14.5. The maximum Gasteiger partial charge on any atom is 0.116 e. The first-order chi connectivity index (χ1) is 18.0. The molecule has 0 amide bonds. The average Bonchev–Trinajstić information content (AvgIpc) is 2.82. The van der Waals surface area contributed by atoms with Crippen LogP contribution in [-0.4, -0.2) is 25.5 Å². The number of aryl methyl sites for hydroxylation is 3. The predicted molar refractivity (Wildman–Crippen MR) is 178 cm³/mol. The number of nitrogens with one attached hydrogen (secondary N) is 1. The molecule has 2 nitrogen and oxygen atoms in total. The summed E-state index contributed by atoms with van der Waals surface area (Å²) in [5.74, 6) is 0.833. The van der Waals surface area contributed by atoms with E-state index in [1.54, 1.807) is 6.92 Å². The number of benzene rings is 2. The zero-order valence-electron chi connectivity index (χ0n) is 28.5. The van der Waals surface area contributed by atoms with Gasteiger partial charge in [0, 0.05) is 12.5 Å². The SMILES string of the molecule is CC.CC(C)C.CC=Cc1ccc(C)c(C)c1.CC=O.CNC(C)C(C)(C)C.Cc1cccc(CC(C)F)c1. The van der Waals surface area contributed by atoms with E-state index in [9.17, 15) is 4.39 Å². The molecule has 0 radical (unpaired) electrons. The topological polar surface area (TPSA) is 29.1 Å². The molecule has 1 N–H and O–H groups in total. The molecule has 2 aromatic carbocycles. The van der Waals surface area contributed by atoms with Gasteiger partial charge in [0.2, 0.25) is 0 Å². The highest BCUT2D eigenvalue weighted by Crippen LogP contribution is 2.17. The van der Waals surface area contributed by atoms with Gasteiger partial charge in [0.05, 0.1) is 0 Å². The summed E-state index contributed by atoms with van der Waals surface area (Å²) in [4.78, 5) is 8.81. The fraction of sp³-hybridized carbons (Fsp3) is 0.583. The molecular weight excluding hydrogens is 481 g/mol. The van der Waals surface area contributed by atoms with Crippen LogP contribution in [0.3, 0.4) is 0 Å². The summed E-state index contributed by atoms with van der Waals surface area (Å²) >= 11 is 0. The van der Waals surface area contributed by atoms with Crippen LogP contribution in [0.5, 0.6) is 0 Å². The minimum absolute atomic E-state index is 0.398. The Labute approximate surface area is 243 Å². The van der Waals surface area contributed by atoms with E-state index >= 15 is 0 Å². The van der Waals surface area contributed by atoms with E-state index < -0.39 is 6.17 Å². The number of alkyl halides is 1. The quantitative estimate of drug-likeness (QED) is 0.387. The highest BCUT2D eigenvalue weighted by molar-refractivity contribution is 5.51. The summed E-state index contributed by atoms with van der Waals surface area (Å²) in [6.45, 7) is 30.7. The van der Waals surface area contributed by atoms with E-state index in [2.05, 4.69) is 98.0 Å². The summed E-state index contributed by atoms with van der Waals surface area (Å²) < 4.78 is 12.5. The number of hydrogen-bond acceptors (Lipinski definition) is 2. The Morgan fingerprint density at radius 3 is 1.67 bits per heavy atom. The maximum absolute atomic E-state index is 12.5. The first kappa shape index (κ1) is 43.8. The molecule has 0 aliphatic carbocycles. The highest BCUT2D eigenvalue weighted by Gasteiger charge is 2.16. The Hall–Kier alpha value is -2.26. The van der Waals surface area contributed by atoms with Crippen molar-refractivity contribution < 1.29 is 9.18 Å². The Kier molecular flexibility index (Phi) is 30.7. The van der Waals surface area contributed by atoms with Crippen molar-refractivity contribution in [3.05, 3.63) is 76.4 Å². The highest BCUT2D eigenvalue weighted by atomic mass is 19.1. The molecule has 39 heavy (non-hydrogen) atoms. The van der Waals surface area contributed by atoms with Crippen molar-refractivity contribution in [3.63, 3.8) is 0 Å². The van der Waals surface area contributed by atoms with Gasteiger partial charge in [0.1, 0.15) is 12.5 Å². The summed E-state index contributed by atoms with van der Waals surface area (Å²) in [7, 11) is 2.00. The molecule has 0 heterocycles. The second kappa shape index (κ2) is 27.3. The number of aldehydes is 1. The van der Waals surface area contributed by atoms with Gasteiger partial charge >= 0.3 is 0 Å². The molecule has 2 aromatic rings. The smallest absolute Gasteiger partial charge is 0.116 e. The van der Waals surface area contributed by atoms with Gasteiger partial charge < -0.3 is 10.1 Å². The molecular formula is C36H64FNO. The van der Waals surface area contributed by atoms with E-state index in [0.29, 0.717) is 17.9 Å². The molecule has 2 unspecified atom stereocenters. The largest absolute Gasteiger partial charge is 0.317 e. The summed E-state index contributed by atoms with van der Waals surface area (Å²) in [6.07, 6.45) is 4.72. The maximum atomic E-state index is 12.5. The van der Waals surface area contributed by atoms with E-state index in [1.165, 1.54) is 29.2 Å². The van der Waals surface area contributed by atoms with Crippen LogP contribution in [0, 0.1) is 32.1 Å². The third-order valence-corrected chi connectivity index (χ3v) is 5.22. The van der Waals surface area contributed by atoms with Crippen molar-refractivity contribution in [2.45, 2.75) is 122 Å². The number of allylic oxidation sites excluding steroid dienone is 1. The number of carbonyl (C=O) groups excluding carboxylic acids is 1. The van der Waals surface area contributed by atoms with E-state index in [4.69, 9.17) is 4.79 Å². The molecule has 0 fully saturated rings. The minimum atomic E-state index is -0.739. The van der Waals surface area contributed by atoms with Gasteiger partial charge in [0.15, 0.2) is 0 Å². The molecule has 0 spiro atoms. The van der Waals surface area contributed by atoms with Gasteiger partial charge in [-0.05, 0) is 89.1 Å². The van der Waals surface area contributed by atoms with Crippen molar-refractivity contribution in [2.24, 2.45) is 11.3 Å². The van der Waals surface area contributed by atoms with E-state index in [-0.39, 0.29) is 0 Å². The lowest BCUT2D eigenvalue weighted by Gasteiger charge is -2.26. The van der Waals surface area contributed by atoms with Crippen LogP contribution >= 0.6 is 0 Å². The van der Waals surface area contributed by atoms with Gasteiger partial charge in [-0.3, -0.25) is 0 Å². The molecule has 226 valence electrons. The molecule has 0 aliphatic heterocycles. The van der Waals surface area contributed by atoms with Crippen LogP contribution < -0.4 is 5.32 Å². The molecule has 0 saturated heterocycles. The van der Waals surface area contributed by atoms with Crippen LogP contribution in [0.4, 0.5) is 4.39 Å². The third kappa shape index (κ3) is 31.9. The minimum Gasteiger partial charge on any atom is -0.317 e. The second-order valence-electron chi connectivity index (χ2n) is 11.2. The van der Waals surface area contributed by atoms with Gasteiger partial charge in [0.25, 0.3) is 0 Å². The Balaban J connectivity index is -0.000000206. The van der Waals surface area contributed by atoms with Crippen molar-refractivity contribution in [1.29, 1.82) is 0 Å². The molecule has 0 bridgehead atoms. The monoisotopic (exact) mass is 545 g/mol. The van der Waals surface area contributed by atoms with Crippen molar-refractivity contribution in [3.8, 4) is 0 Å². The lowest BCUT2D eigenvalue weighted by atomic mass is 9.88. The van der Waals surface area contributed by atoms with Crippen molar-refractivity contribution >= 4 is 12.4 Å². The molecule has 3 heteroatoms. The Morgan fingerprint density at radius 1 is 0.872 bits per heavy atom. The fourth-order valence-electron chi connectivity index (χ4n) is 2.66.